The highest BCUT2D eigenvalue weighted by Crippen LogP contribution is 2.28. The Bertz CT molecular complexity index is 698. The zero-order chi connectivity index (χ0) is 22.6. The molecule has 0 aliphatic carbocycles. The van der Waals surface area contributed by atoms with Crippen molar-refractivity contribution in [2.45, 2.75) is 64.6 Å². The van der Waals surface area contributed by atoms with E-state index in [0.717, 1.165) is 89.0 Å². The molecule has 1 aromatic carbocycles. The lowest BCUT2D eigenvalue weighted by atomic mass is 10.1. The number of aliphatic imine (C=N–C) groups is 1. The summed E-state index contributed by atoms with van der Waals surface area (Å²) in [6, 6.07) is 6.18. The summed E-state index contributed by atoms with van der Waals surface area (Å²) in [4.78, 5) is 7.26. The van der Waals surface area contributed by atoms with Gasteiger partial charge < -0.3 is 29.2 Å². The molecule has 0 aromatic heterocycles. The van der Waals surface area contributed by atoms with Gasteiger partial charge in [0.1, 0.15) is 0 Å². The minimum absolute atomic E-state index is 0.308. The minimum atomic E-state index is 0.308. The molecule has 1 N–H and O–H groups in total. The van der Waals surface area contributed by atoms with Crippen LogP contribution in [0.5, 0.6) is 11.5 Å². The second kappa shape index (κ2) is 13.5. The zero-order valence-electron chi connectivity index (χ0n) is 20.1. The molecule has 1 aromatic rings. The predicted molar refractivity (Wildman–Crippen MR) is 128 cm³/mol. The lowest BCUT2D eigenvalue weighted by Crippen LogP contribution is -2.47. The van der Waals surface area contributed by atoms with E-state index in [1.807, 2.05) is 13.0 Å². The van der Waals surface area contributed by atoms with Crippen LogP contribution in [0.2, 0.25) is 0 Å². The van der Waals surface area contributed by atoms with Crippen molar-refractivity contribution in [3.63, 3.8) is 0 Å². The van der Waals surface area contributed by atoms with E-state index in [-0.39, 0.29) is 0 Å². The van der Waals surface area contributed by atoms with E-state index in [1.54, 1.807) is 7.11 Å². The molecular weight excluding hydrogens is 406 g/mol. The number of aryl methyl sites for hydroxylation is 1. The maximum Gasteiger partial charge on any atom is 0.193 e. The summed E-state index contributed by atoms with van der Waals surface area (Å²) in [5.41, 5.74) is 1.25. The van der Waals surface area contributed by atoms with Crippen molar-refractivity contribution in [2.75, 3.05) is 53.1 Å². The van der Waals surface area contributed by atoms with Gasteiger partial charge in [0.25, 0.3) is 0 Å². The van der Waals surface area contributed by atoms with Gasteiger partial charge in [-0.1, -0.05) is 6.07 Å². The number of piperidine rings is 1. The Morgan fingerprint density at radius 1 is 1.19 bits per heavy atom. The maximum atomic E-state index is 6.11. The van der Waals surface area contributed by atoms with Crippen LogP contribution in [-0.4, -0.2) is 76.2 Å². The summed E-state index contributed by atoms with van der Waals surface area (Å²) in [6.07, 6.45) is 7.00. The molecule has 0 amide bonds. The van der Waals surface area contributed by atoms with Gasteiger partial charge in [0.05, 0.1) is 32.5 Å². The first-order chi connectivity index (χ1) is 15.7. The Morgan fingerprint density at radius 3 is 2.72 bits per heavy atom. The van der Waals surface area contributed by atoms with E-state index in [9.17, 15) is 0 Å². The second-order valence-corrected chi connectivity index (χ2v) is 8.41. The zero-order valence-corrected chi connectivity index (χ0v) is 20.1. The number of methoxy groups -OCH3 is 1. The summed E-state index contributed by atoms with van der Waals surface area (Å²) < 4.78 is 22.9. The van der Waals surface area contributed by atoms with Gasteiger partial charge in [-0.2, -0.15) is 0 Å². The van der Waals surface area contributed by atoms with Crippen LogP contribution in [0.1, 0.15) is 51.5 Å². The Kier molecular flexibility index (Phi) is 10.4. The van der Waals surface area contributed by atoms with Crippen molar-refractivity contribution >= 4 is 5.96 Å². The normalized spacial score (nSPS) is 19.9. The average molecular weight is 448 g/mol. The van der Waals surface area contributed by atoms with Gasteiger partial charge in [-0.15, -0.1) is 0 Å². The Morgan fingerprint density at radius 2 is 2.03 bits per heavy atom. The van der Waals surface area contributed by atoms with Gasteiger partial charge in [-0.05, 0) is 70.1 Å². The molecule has 32 heavy (non-hydrogen) atoms. The van der Waals surface area contributed by atoms with Crippen LogP contribution in [-0.2, 0) is 15.9 Å². The van der Waals surface area contributed by atoms with Crippen molar-refractivity contribution in [1.82, 2.24) is 10.2 Å². The molecule has 1 atom stereocenters. The summed E-state index contributed by atoms with van der Waals surface area (Å²) in [7, 11) is 1.67. The minimum Gasteiger partial charge on any atom is -0.493 e. The number of rotatable bonds is 11. The maximum absolute atomic E-state index is 6.11. The monoisotopic (exact) mass is 447 g/mol. The number of likely N-dealkylation sites (tertiary alicyclic amines) is 1. The molecule has 180 valence electrons. The van der Waals surface area contributed by atoms with Crippen LogP contribution in [0.25, 0.3) is 0 Å². The number of guanidine groups is 1. The topological polar surface area (TPSA) is 64.6 Å². The van der Waals surface area contributed by atoms with E-state index >= 15 is 0 Å². The quantitative estimate of drug-likeness (QED) is 0.317. The average Bonchev–Trinajstić information content (AvgIpc) is 3.34. The highest BCUT2D eigenvalue weighted by molar-refractivity contribution is 5.80. The molecular formula is C25H41N3O4. The number of nitrogens with zero attached hydrogens (tertiary/aromatic N) is 2. The number of hydrogen-bond acceptors (Lipinski definition) is 5. The number of ether oxygens (including phenoxy) is 4. The summed E-state index contributed by atoms with van der Waals surface area (Å²) >= 11 is 0. The van der Waals surface area contributed by atoms with Crippen molar-refractivity contribution in [3.05, 3.63) is 23.8 Å². The fourth-order valence-electron chi connectivity index (χ4n) is 4.29. The van der Waals surface area contributed by atoms with Crippen LogP contribution in [0, 0.1) is 0 Å². The molecule has 0 bridgehead atoms. The first-order valence-corrected chi connectivity index (χ1v) is 12.3. The summed E-state index contributed by atoms with van der Waals surface area (Å²) in [5.74, 6) is 2.62. The van der Waals surface area contributed by atoms with Crippen LogP contribution in [0.4, 0.5) is 0 Å². The summed E-state index contributed by atoms with van der Waals surface area (Å²) in [5, 5.41) is 3.46. The molecule has 0 radical (unpaired) electrons. The van der Waals surface area contributed by atoms with Crippen LogP contribution >= 0.6 is 0 Å². The standard InChI is InChI=1S/C25H41N3O4/c1-4-26-25(28-15-12-21(13-16-28)32-19-22-9-7-17-31-22)27-14-6-8-20-10-11-23(29-3)24(18-20)30-5-2/h10-11,18,21-22H,4-9,12-17,19H2,1-3H3,(H,26,27). The largest absolute Gasteiger partial charge is 0.493 e. The van der Waals surface area contributed by atoms with Gasteiger partial charge in [0.15, 0.2) is 17.5 Å². The second-order valence-electron chi connectivity index (χ2n) is 8.41. The fraction of sp³-hybridized carbons (Fsp3) is 0.720. The summed E-state index contributed by atoms with van der Waals surface area (Å²) in [6.45, 7) is 10.0. The SMILES string of the molecule is CCNC(=NCCCc1ccc(OC)c(OCC)c1)N1CCC(OCC2CCCO2)CC1. The van der Waals surface area contributed by atoms with Crippen molar-refractivity contribution < 1.29 is 18.9 Å². The molecule has 1 unspecified atom stereocenters. The third-order valence-electron chi connectivity index (χ3n) is 6.03. The fourth-order valence-corrected chi connectivity index (χ4v) is 4.29. The molecule has 2 saturated heterocycles. The predicted octanol–water partition coefficient (Wildman–Crippen LogP) is 3.65. The van der Waals surface area contributed by atoms with Crippen LogP contribution in [0.3, 0.4) is 0 Å². The third kappa shape index (κ3) is 7.55. The Balaban J connectivity index is 1.43. The Hall–Kier alpha value is -1.99. The lowest BCUT2D eigenvalue weighted by molar-refractivity contribution is -0.0367. The highest BCUT2D eigenvalue weighted by Gasteiger charge is 2.24. The van der Waals surface area contributed by atoms with E-state index in [4.69, 9.17) is 23.9 Å². The van der Waals surface area contributed by atoms with Crippen molar-refractivity contribution in [1.29, 1.82) is 0 Å². The van der Waals surface area contributed by atoms with Gasteiger partial charge in [0.2, 0.25) is 0 Å². The molecule has 7 heteroatoms. The highest BCUT2D eigenvalue weighted by atomic mass is 16.5. The number of hydrogen-bond donors (Lipinski definition) is 1. The first kappa shape index (κ1) is 24.6. The van der Waals surface area contributed by atoms with Crippen LogP contribution in [0.15, 0.2) is 23.2 Å². The van der Waals surface area contributed by atoms with E-state index in [1.165, 1.54) is 12.0 Å². The number of benzene rings is 1. The van der Waals surface area contributed by atoms with Gasteiger partial charge in [-0.25, -0.2) is 0 Å². The smallest absolute Gasteiger partial charge is 0.193 e. The van der Waals surface area contributed by atoms with E-state index in [2.05, 4.69) is 29.3 Å². The molecule has 2 aliphatic rings. The molecule has 7 nitrogen and oxygen atoms in total. The lowest BCUT2D eigenvalue weighted by Gasteiger charge is -2.34. The molecule has 3 rings (SSSR count). The number of nitrogens with one attached hydrogen (secondary N) is 1. The first-order valence-electron chi connectivity index (χ1n) is 12.3. The Labute approximate surface area is 193 Å². The molecule has 0 spiro atoms. The van der Waals surface area contributed by atoms with Gasteiger partial charge >= 0.3 is 0 Å². The molecule has 0 saturated carbocycles. The van der Waals surface area contributed by atoms with Crippen molar-refractivity contribution in [3.8, 4) is 11.5 Å². The molecule has 2 aliphatic heterocycles. The van der Waals surface area contributed by atoms with Gasteiger partial charge in [-0.3, -0.25) is 4.99 Å². The van der Waals surface area contributed by atoms with Crippen LogP contribution < -0.4 is 14.8 Å². The molecule has 2 fully saturated rings. The molecule has 2 heterocycles. The van der Waals surface area contributed by atoms with E-state index < -0.39 is 0 Å². The van der Waals surface area contributed by atoms with Gasteiger partial charge in [0, 0.05) is 32.8 Å². The van der Waals surface area contributed by atoms with E-state index in [0.29, 0.717) is 18.8 Å². The third-order valence-corrected chi connectivity index (χ3v) is 6.03. The van der Waals surface area contributed by atoms with Crippen molar-refractivity contribution in [2.24, 2.45) is 4.99 Å².